The zero-order valence-corrected chi connectivity index (χ0v) is 17.1. The van der Waals surface area contributed by atoms with Gasteiger partial charge in [-0.3, -0.25) is 9.59 Å². The van der Waals surface area contributed by atoms with Gasteiger partial charge in [-0.2, -0.15) is 5.10 Å². The molecule has 150 valence electrons. The number of rotatable bonds is 5. The fraction of sp³-hybridized carbons (Fsp3) is 0.350. The minimum absolute atomic E-state index is 0.178. The highest BCUT2D eigenvalue weighted by molar-refractivity contribution is 7.08. The normalized spacial score (nSPS) is 16.3. The molecular weight excluding hydrogens is 388 g/mol. The van der Waals surface area contributed by atoms with Gasteiger partial charge in [0.1, 0.15) is 10.7 Å². The van der Waals surface area contributed by atoms with Crippen molar-refractivity contribution >= 4 is 29.0 Å². The molecule has 29 heavy (non-hydrogen) atoms. The number of nitrogen functional groups attached to an aromatic ring is 1. The minimum Gasteiger partial charge on any atom is -0.383 e. The molecule has 0 bridgehead atoms. The van der Waals surface area contributed by atoms with Crippen LogP contribution < -0.4 is 5.73 Å². The Morgan fingerprint density at radius 2 is 2.03 bits per heavy atom. The molecule has 0 saturated carbocycles. The second kappa shape index (κ2) is 7.75. The molecule has 8 nitrogen and oxygen atoms in total. The van der Waals surface area contributed by atoms with Crippen LogP contribution in [0.3, 0.4) is 0 Å². The van der Waals surface area contributed by atoms with Gasteiger partial charge < -0.3 is 10.6 Å². The molecule has 1 fully saturated rings. The van der Waals surface area contributed by atoms with Crippen molar-refractivity contribution in [2.75, 3.05) is 12.3 Å². The first-order valence-corrected chi connectivity index (χ1v) is 10.4. The SMILES string of the molecule is CCc1nnsc1C(=O)N1CCC[C@H]1C(=O)c1cnn(-c2ccc(C)cc2)c1N. The Hall–Kier alpha value is -3.07. The van der Waals surface area contributed by atoms with E-state index in [1.165, 1.54) is 6.20 Å². The van der Waals surface area contributed by atoms with Gasteiger partial charge in [0.05, 0.1) is 29.2 Å². The van der Waals surface area contributed by atoms with Crippen LogP contribution in [0.4, 0.5) is 5.82 Å². The standard InChI is InChI=1S/C20H22N6O2S/c1-3-15-18(29-24-23-15)20(28)25-10-4-5-16(25)17(27)14-11-22-26(19(14)21)13-8-6-12(2)7-9-13/h6-9,11,16H,3-5,10,21H2,1-2H3/t16-/m0/s1. The summed E-state index contributed by atoms with van der Waals surface area (Å²) >= 11 is 1.08. The van der Waals surface area contributed by atoms with Crippen LogP contribution in [-0.2, 0) is 6.42 Å². The lowest BCUT2D eigenvalue weighted by Crippen LogP contribution is -2.40. The third kappa shape index (κ3) is 3.42. The van der Waals surface area contributed by atoms with E-state index in [-0.39, 0.29) is 17.5 Å². The van der Waals surface area contributed by atoms with Crippen LogP contribution in [0, 0.1) is 6.92 Å². The molecule has 0 aliphatic carbocycles. The van der Waals surface area contributed by atoms with E-state index in [9.17, 15) is 9.59 Å². The van der Waals surface area contributed by atoms with Gasteiger partial charge in [-0.1, -0.05) is 29.1 Å². The van der Waals surface area contributed by atoms with Crippen LogP contribution in [0.15, 0.2) is 30.5 Å². The maximum Gasteiger partial charge on any atom is 0.268 e. The van der Waals surface area contributed by atoms with Crippen LogP contribution in [0.1, 0.15) is 51.1 Å². The molecule has 9 heteroatoms. The van der Waals surface area contributed by atoms with E-state index in [4.69, 9.17) is 5.73 Å². The fourth-order valence-electron chi connectivity index (χ4n) is 3.63. The molecule has 3 aromatic rings. The molecule has 1 aliphatic rings. The number of benzene rings is 1. The third-order valence-corrected chi connectivity index (χ3v) is 6.01. The van der Waals surface area contributed by atoms with Crippen molar-refractivity contribution in [3.8, 4) is 5.69 Å². The average molecular weight is 411 g/mol. The molecule has 1 amide bonds. The number of likely N-dealkylation sites (tertiary alicyclic amines) is 1. The third-order valence-electron chi connectivity index (χ3n) is 5.25. The molecule has 0 spiro atoms. The average Bonchev–Trinajstić information content (AvgIpc) is 3.47. The molecule has 4 rings (SSSR count). The van der Waals surface area contributed by atoms with Gasteiger partial charge in [0.25, 0.3) is 5.91 Å². The Bertz CT molecular complexity index is 1060. The molecule has 1 saturated heterocycles. The predicted molar refractivity (Wildman–Crippen MR) is 110 cm³/mol. The molecule has 0 radical (unpaired) electrons. The highest BCUT2D eigenvalue weighted by atomic mass is 32.1. The second-order valence-corrected chi connectivity index (χ2v) is 7.87. The summed E-state index contributed by atoms with van der Waals surface area (Å²) in [6.07, 6.45) is 3.49. The van der Waals surface area contributed by atoms with Crippen LogP contribution in [-0.4, -0.2) is 48.5 Å². The number of hydrogen-bond acceptors (Lipinski definition) is 7. The van der Waals surface area contributed by atoms with Gasteiger partial charge in [-0.05, 0) is 49.9 Å². The Labute approximate surface area is 172 Å². The summed E-state index contributed by atoms with van der Waals surface area (Å²) in [5.41, 5.74) is 9.19. The molecule has 1 aliphatic heterocycles. The summed E-state index contributed by atoms with van der Waals surface area (Å²) in [6.45, 7) is 4.46. The van der Waals surface area contributed by atoms with Gasteiger partial charge in [0.2, 0.25) is 0 Å². The van der Waals surface area contributed by atoms with E-state index >= 15 is 0 Å². The van der Waals surface area contributed by atoms with Crippen molar-refractivity contribution in [2.24, 2.45) is 0 Å². The van der Waals surface area contributed by atoms with E-state index in [0.29, 0.717) is 35.5 Å². The summed E-state index contributed by atoms with van der Waals surface area (Å²) in [4.78, 5) is 28.4. The summed E-state index contributed by atoms with van der Waals surface area (Å²) < 4.78 is 5.45. The summed E-state index contributed by atoms with van der Waals surface area (Å²) in [6, 6.07) is 7.18. The van der Waals surface area contributed by atoms with E-state index in [0.717, 1.165) is 29.2 Å². The second-order valence-electron chi connectivity index (χ2n) is 7.11. The number of carbonyl (C=O) groups is 2. The van der Waals surface area contributed by atoms with Crippen molar-refractivity contribution in [2.45, 2.75) is 39.2 Å². The van der Waals surface area contributed by atoms with E-state index in [1.54, 1.807) is 9.58 Å². The van der Waals surface area contributed by atoms with Gasteiger partial charge in [0, 0.05) is 6.54 Å². The Balaban J connectivity index is 1.61. The van der Waals surface area contributed by atoms with Gasteiger partial charge in [0.15, 0.2) is 5.78 Å². The number of anilines is 1. The zero-order valence-electron chi connectivity index (χ0n) is 16.3. The summed E-state index contributed by atoms with van der Waals surface area (Å²) in [5, 5.41) is 8.32. The van der Waals surface area contributed by atoms with Crippen LogP contribution in [0.5, 0.6) is 0 Å². The topological polar surface area (TPSA) is 107 Å². The lowest BCUT2D eigenvalue weighted by molar-refractivity contribution is 0.0674. The predicted octanol–water partition coefficient (Wildman–Crippen LogP) is 2.66. The van der Waals surface area contributed by atoms with Gasteiger partial charge in [-0.15, -0.1) is 5.10 Å². The monoisotopic (exact) mass is 410 g/mol. The number of amides is 1. The number of ketones is 1. The Morgan fingerprint density at radius 1 is 1.28 bits per heavy atom. The zero-order chi connectivity index (χ0) is 20.5. The Kier molecular flexibility index (Phi) is 5.14. The van der Waals surface area contributed by atoms with Crippen LogP contribution in [0.2, 0.25) is 0 Å². The number of hydrogen-bond donors (Lipinski definition) is 1. The maximum atomic E-state index is 13.3. The number of aromatic nitrogens is 4. The molecule has 2 aromatic heterocycles. The number of Topliss-reactive ketones (excluding diaryl/α,β-unsaturated/α-hetero) is 1. The smallest absolute Gasteiger partial charge is 0.268 e. The quantitative estimate of drug-likeness (QED) is 0.648. The summed E-state index contributed by atoms with van der Waals surface area (Å²) in [5.74, 6) is -0.0775. The first kappa shape index (κ1) is 19.3. The van der Waals surface area contributed by atoms with E-state index < -0.39 is 6.04 Å². The van der Waals surface area contributed by atoms with Gasteiger partial charge in [-0.25, -0.2) is 4.68 Å². The largest absolute Gasteiger partial charge is 0.383 e. The van der Waals surface area contributed by atoms with Crippen molar-refractivity contribution in [3.63, 3.8) is 0 Å². The highest BCUT2D eigenvalue weighted by Gasteiger charge is 2.37. The molecular formula is C20H22N6O2S. The number of nitrogens with two attached hydrogens (primary N) is 1. The minimum atomic E-state index is -0.549. The Morgan fingerprint density at radius 3 is 2.76 bits per heavy atom. The summed E-state index contributed by atoms with van der Waals surface area (Å²) in [7, 11) is 0. The molecule has 1 aromatic carbocycles. The first-order valence-electron chi connectivity index (χ1n) is 9.58. The van der Waals surface area contributed by atoms with Crippen LogP contribution >= 0.6 is 11.5 Å². The van der Waals surface area contributed by atoms with Crippen molar-refractivity contribution in [1.29, 1.82) is 0 Å². The number of aryl methyl sites for hydroxylation is 2. The van der Waals surface area contributed by atoms with Gasteiger partial charge >= 0.3 is 0 Å². The van der Waals surface area contributed by atoms with E-state index in [1.807, 2.05) is 38.1 Å². The molecule has 3 heterocycles. The highest BCUT2D eigenvalue weighted by Crippen LogP contribution is 2.28. The van der Waals surface area contributed by atoms with Crippen LogP contribution in [0.25, 0.3) is 5.69 Å². The maximum absolute atomic E-state index is 13.3. The first-order chi connectivity index (χ1) is 14.0. The van der Waals surface area contributed by atoms with E-state index in [2.05, 4.69) is 14.7 Å². The van der Waals surface area contributed by atoms with Crippen molar-refractivity contribution in [1.82, 2.24) is 24.3 Å². The molecule has 2 N–H and O–H groups in total. The lowest BCUT2D eigenvalue weighted by Gasteiger charge is -2.23. The molecule has 1 atom stereocenters. The lowest BCUT2D eigenvalue weighted by atomic mass is 10.0. The molecule has 0 unspecified atom stereocenters. The fourth-order valence-corrected chi connectivity index (χ4v) is 4.34. The van der Waals surface area contributed by atoms with Crippen molar-refractivity contribution < 1.29 is 9.59 Å². The number of nitrogens with zero attached hydrogens (tertiary/aromatic N) is 5. The van der Waals surface area contributed by atoms with Crippen molar-refractivity contribution in [3.05, 3.63) is 52.2 Å². The number of carbonyl (C=O) groups excluding carboxylic acids is 2.